The van der Waals surface area contributed by atoms with Crippen molar-refractivity contribution < 1.29 is 9.32 Å². The standard InChI is InChI=1S/C13H14N2O2/c1-8-4-5-11(6-9(8)2)14-13(16)12-7-10(3)15-17-12/h4-7H,1-3H3,(H,14,16). The van der Waals surface area contributed by atoms with Gasteiger partial charge in [-0.1, -0.05) is 11.2 Å². The Balaban J connectivity index is 2.15. The first-order chi connectivity index (χ1) is 8.06. The number of carbonyl (C=O) groups is 1. The highest BCUT2D eigenvalue weighted by Crippen LogP contribution is 2.15. The molecule has 2 rings (SSSR count). The Bertz CT molecular complexity index is 558. The second-order valence-corrected chi connectivity index (χ2v) is 4.09. The summed E-state index contributed by atoms with van der Waals surface area (Å²) in [6, 6.07) is 7.37. The van der Waals surface area contributed by atoms with Gasteiger partial charge in [0.15, 0.2) is 0 Å². The van der Waals surface area contributed by atoms with Gasteiger partial charge in [0.2, 0.25) is 5.76 Å². The van der Waals surface area contributed by atoms with E-state index in [1.54, 1.807) is 13.0 Å². The molecule has 17 heavy (non-hydrogen) atoms. The minimum absolute atomic E-state index is 0.223. The molecule has 0 fully saturated rings. The topological polar surface area (TPSA) is 55.1 Å². The summed E-state index contributed by atoms with van der Waals surface area (Å²) in [5.74, 6) is -0.0606. The number of hydrogen-bond acceptors (Lipinski definition) is 3. The fourth-order valence-corrected chi connectivity index (χ4v) is 1.48. The van der Waals surface area contributed by atoms with Gasteiger partial charge in [-0.3, -0.25) is 4.79 Å². The lowest BCUT2D eigenvalue weighted by molar-refractivity contribution is 0.0988. The van der Waals surface area contributed by atoms with E-state index in [9.17, 15) is 4.79 Å². The quantitative estimate of drug-likeness (QED) is 0.863. The maximum Gasteiger partial charge on any atom is 0.294 e. The van der Waals surface area contributed by atoms with Gasteiger partial charge in [-0.25, -0.2) is 0 Å². The summed E-state index contributed by atoms with van der Waals surface area (Å²) in [5.41, 5.74) is 3.78. The molecule has 1 heterocycles. The van der Waals surface area contributed by atoms with Gasteiger partial charge in [-0.15, -0.1) is 0 Å². The lowest BCUT2D eigenvalue weighted by Gasteiger charge is -2.05. The predicted molar refractivity (Wildman–Crippen MR) is 65.1 cm³/mol. The van der Waals surface area contributed by atoms with E-state index in [0.717, 1.165) is 11.3 Å². The number of nitrogens with zero attached hydrogens (tertiary/aromatic N) is 1. The fourth-order valence-electron chi connectivity index (χ4n) is 1.48. The zero-order chi connectivity index (χ0) is 12.4. The van der Waals surface area contributed by atoms with Crippen LogP contribution in [0, 0.1) is 20.8 Å². The van der Waals surface area contributed by atoms with E-state index < -0.39 is 0 Å². The average Bonchev–Trinajstić information content (AvgIpc) is 2.70. The molecule has 88 valence electrons. The lowest BCUT2D eigenvalue weighted by atomic mass is 10.1. The number of benzene rings is 1. The summed E-state index contributed by atoms with van der Waals surface area (Å²) in [5, 5.41) is 6.44. The highest BCUT2D eigenvalue weighted by molar-refractivity contribution is 6.02. The fraction of sp³-hybridized carbons (Fsp3) is 0.231. The molecule has 0 saturated carbocycles. The number of carbonyl (C=O) groups excluding carboxylic acids is 1. The third kappa shape index (κ3) is 2.53. The molecule has 0 bridgehead atoms. The molecular formula is C13H14N2O2. The smallest absolute Gasteiger partial charge is 0.294 e. The van der Waals surface area contributed by atoms with E-state index in [2.05, 4.69) is 10.5 Å². The monoisotopic (exact) mass is 230 g/mol. The van der Waals surface area contributed by atoms with Gasteiger partial charge in [0.05, 0.1) is 5.69 Å². The lowest BCUT2D eigenvalue weighted by Crippen LogP contribution is -2.11. The zero-order valence-corrected chi connectivity index (χ0v) is 10.1. The molecule has 0 spiro atoms. The molecule has 0 atom stereocenters. The molecule has 0 radical (unpaired) electrons. The van der Waals surface area contributed by atoms with E-state index in [1.165, 1.54) is 5.56 Å². The molecule has 0 unspecified atom stereocenters. The van der Waals surface area contributed by atoms with Crippen LogP contribution < -0.4 is 5.32 Å². The number of aryl methyl sites for hydroxylation is 3. The maximum absolute atomic E-state index is 11.8. The maximum atomic E-state index is 11.8. The van der Waals surface area contributed by atoms with Crippen molar-refractivity contribution in [2.45, 2.75) is 20.8 Å². The van der Waals surface area contributed by atoms with Gasteiger partial charge >= 0.3 is 0 Å². The van der Waals surface area contributed by atoms with Gasteiger partial charge in [0, 0.05) is 11.8 Å². The highest BCUT2D eigenvalue weighted by Gasteiger charge is 2.11. The summed E-state index contributed by atoms with van der Waals surface area (Å²) < 4.78 is 4.89. The summed E-state index contributed by atoms with van der Waals surface area (Å²) >= 11 is 0. The van der Waals surface area contributed by atoms with Crippen LogP contribution in [0.5, 0.6) is 0 Å². The van der Waals surface area contributed by atoms with Crippen molar-refractivity contribution in [1.82, 2.24) is 5.16 Å². The molecule has 4 nitrogen and oxygen atoms in total. The first-order valence-corrected chi connectivity index (χ1v) is 5.38. The number of amides is 1. The minimum atomic E-state index is -0.283. The zero-order valence-electron chi connectivity index (χ0n) is 10.1. The Hall–Kier alpha value is -2.10. The summed E-state index contributed by atoms with van der Waals surface area (Å²) in [6.45, 7) is 5.81. The van der Waals surface area contributed by atoms with E-state index >= 15 is 0 Å². The molecule has 1 amide bonds. The molecule has 2 aromatic rings. The number of nitrogens with one attached hydrogen (secondary N) is 1. The Labute approximate surface area is 99.6 Å². The van der Waals surface area contributed by atoms with Crippen LogP contribution in [0.3, 0.4) is 0 Å². The first-order valence-electron chi connectivity index (χ1n) is 5.38. The molecule has 1 aromatic carbocycles. The van der Waals surface area contributed by atoms with Crippen LogP contribution in [0.4, 0.5) is 5.69 Å². The molecule has 0 aliphatic rings. The third-order valence-corrected chi connectivity index (χ3v) is 2.62. The number of anilines is 1. The second-order valence-electron chi connectivity index (χ2n) is 4.09. The molecule has 4 heteroatoms. The van der Waals surface area contributed by atoms with E-state index in [4.69, 9.17) is 4.52 Å². The van der Waals surface area contributed by atoms with Crippen molar-refractivity contribution in [3.8, 4) is 0 Å². The predicted octanol–water partition coefficient (Wildman–Crippen LogP) is 2.85. The molecule has 0 saturated heterocycles. The highest BCUT2D eigenvalue weighted by atomic mass is 16.5. The van der Waals surface area contributed by atoms with Crippen molar-refractivity contribution in [3.05, 3.63) is 46.8 Å². The van der Waals surface area contributed by atoms with Crippen LogP contribution >= 0.6 is 0 Å². The van der Waals surface area contributed by atoms with E-state index in [0.29, 0.717) is 5.69 Å². The molecule has 0 aliphatic carbocycles. The Kier molecular flexibility index (Phi) is 2.95. The molecular weight excluding hydrogens is 216 g/mol. The average molecular weight is 230 g/mol. The van der Waals surface area contributed by atoms with Crippen LogP contribution in [-0.4, -0.2) is 11.1 Å². The van der Waals surface area contributed by atoms with Crippen LogP contribution in [0.1, 0.15) is 27.4 Å². The third-order valence-electron chi connectivity index (χ3n) is 2.62. The SMILES string of the molecule is Cc1cc(C(=O)Nc2ccc(C)c(C)c2)on1. The van der Waals surface area contributed by atoms with E-state index in [-0.39, 0.29) is 11.7 Å². The summed E-state index contributed by atoms with van der Waals surface area (Å²) in [7, 11) is 0. The molecule has 1 aromatic heterocycles. The number of aromatic nitrogens is 1. The molecule has 1 N–H and O–H groups in total. The van der Waals surface area contributed by atoms with Gasteiger partial charge < -0.3 is 9.84 Å². The van der Waals surface area contributed by atoms with Crippen LogP contribution in [0.25, 0.3) is 0 Å². The van der Waals surface area contributed by atoms with Crippen molar-refractivity contribution in [2.24, 2.45) is 0 Å². The van der Waals surface area contributed by atoms with Gasteiger partial charge in [0.1, 0.15) is 0 Å². The van der Waals surface area contributed by atoms with Crippen molar-refractivity contribution in [1.29, 1.82) is 0 Å². The molecule has 0 aliphatic heterocycles. The number of hydrogen-bond donors (Lipinski definition) is 1. The minimum Gasteiger partial charge on any atom is -0.351 e. The second kappa shape index (κ2) is 4.41. The van der Waals surface area contributed by atoms with Gasteiger partial charge in [-0.05, 0) is 44.0 Å². The Morgan fingerprint density at radius 2 is 1.94 bits per heavy atom. The van der Waals surface area contributed by atoms with Gasteiger partial charge in [-0.2, -0.15) is 0 Å². The first kappa shape index (κ1) is 11.4. The normalized spacial score (nSPS) is 10.3. The Morgan fingerprint density at radius 1 is 1.18 bits per heavy atom. The van der Waals surface area contributed by atoms with Crippen LogP contribution in [-0.2, 0) is 0 Å². The summed E-state index contributed by atoms with van der Waals surface area (Å²) in [6.07, 6.45) is 0. The van der Waals surface area contributed by atoms with Crippen molar-refractivity contribution >= 4 is 11.6 Å². The van der Waals surface area contributed by atoms with E-state index in [1.807, 2.05) is 32.0 Å². The van der Waals surface area contributed by atoms with Crippen LogP contribution in [0.15, 0.2) is 28.8 Å². The van der Waals surface area contributed by atoms with Gasteiger partial charge in [0.25, 0.3) is 5.91 Å². The Morgan fingerprint density at radius 3 is 2.53 bits per heavy atom. The van der Waals surface area contributed by atoms with Crippen molar-refractivity contribution in [2.75, 3.05) is 5.32 Å². The number of rotatable bonds is 2. The van der Waals surface area contributed by atoms with Crippen molar-refractivity contribution in [3.63, 3.8) is 0 Å². The van der Waals surface area contributed by atoms with Crippen LogP contribution in [0.2, 0.25) is 0 Å². The largest absolute Gasteiger partial charge is 0.351 e. The summed E-state index contributed by atoms with van der Waals surface area (Å²) in [4.78, 5) is 11.8.